The van der Waals surface area contributed by atoms with Gasteiger partial charge in [0.1, 0.15) is 24.1 Å². The van der Waals surface area contributed by atoms with Crippen molar-refractivity contribution in [3.8, 4) is 11.5 Å². The molecule has 0 saturated carbocycles. The standard InChI is InChI=1S/2C19H30O2/c2*1-17(2,3)14-9-13(11-19(7,8)12-20)10-15(16(14)21)18(4,5)6/h2*9-10,12,21H,11H2,1-8H3. The van der Waals surface area contributed by atoms with E-state index in [1.807, 2.05) is 27.7 Å². The van der Waals surface area contributed by atoms with Gasteiger partial charge in [0.05, 0.1) is 0 Å². The molecule has 2 N–H and O–H groups in total. The van der Waals surface area contributed by atoms with Crippen LogP contribution in [0.3, 0.4) is 0 Å². The minimum absolute atomic E-state index is 0.134. The average molecular weight is 581 g/mol. The Morgan fingerprint density at radius 1 is 0.452 bits per heavy atom. The third-order valence-electron chi connectivity index (χ3n) is 7.53. The van der Waals surface area contributed by atoms with E-state index in [1.165, 1.54) is 0 Å². The summed E-state index contributed by atoms with van der Waals surface area (Å²) in [5, 5.41) is 21.3. The maximum Gasteiger partial charge on any atom is 0.125 e. The van der Waals surface area contributed by atoms with Gasteiger partial charge in [-0.05, 0) is 67.9 Å². The normalized spacial score (nSPS) is 13.3. The van der Waals surface area contributed by atoms with Crippen molar-refractivity contribution in [2.45, 2.75) is 145 Å². The topological polar surface area (TPSA) is 74.6 Å². The number of benzene rings is 2. The number of hydrogen-bond acceptors (Lipinski definition) is 4. The predicted octanol–water partition coefficient (Wildman–Crippen LogP) is 9.51. The highest BCUT2D eigenvalue weighted by molar-refractivity contribution is 5.60. The fourth-order valence-corrected chi connectivity index (χ4v) is 5.02. The van der Waals surface area contributed by atoms with Crippen LogP contribution >= 0.6 is 0 Å². The van der Waals surface area contributed by atoms with Crippen molar-refractivity contribution >= 4 is 12.6 Å². The number of carbonyl (C=O) groups is 2. The number of rotatable bonds is 6. The van der Waals surface area contributed by atoms with Crippen LogP contribution < -0.4 is 0 Å². The van der Waals surface area contributed by atoms with Gasteiger partial charge < -0.3 is 19.8 Å². The molecule has 0 unspecified atom stereocenters. The SMILES string of the molecule is CC(C)(C=O)Cc1cc(C(C)(C)C)c(O)c(C(C)(C)C)c1.CC(C)(C=O)Cc1cc(C(C)(C)C)c(O)c(C(C)(C)C)c1. The molecule has 0 saturated heterocycles. The van der Waals surface area contributed by atoms with Crippen LogP contribution in [0.25, 0.3) is 0 Å². The molecule has 0 aliphatic rings. The molecule has 0 heterocycles. The van der Waals surface area contributed by atoms with Gasteiger partial charge in [-0.1, -0.05) is 135 Å². The van der Waals surface area contributed by atoms with Crippen molar-refractivity contribution in [3.63, 3.8) is 0 Å². The summed E-state index contributed by atoms with van der Waals surface area (Å²) in [5.41, 5.74) is 4.71. The quantitative estimate of drug-likeness (QED) is 0.334. The van der Waals surface area contributed by atoms with Gasteiger partial charge in [0.25, 0.3) is 0 Å². The zero-order valence-electron chi connectivity index (χ0n) is 29.6. The molecule has 4 heteroatoms. The van der Waals surface area contributed by atoms with E-state index in [-0.39, 0.29) is 32.5 Å². The van der Waals surface area contributed by atoms with E-state index in [1.54, 1.807) is 0 Å². The Morgan fingerprint density at radius 3 is 0.786 bits per heavy atom. The molecule has 0 radical (unpaired) electrons. The number of carbonyl (C=O) groups excluding carboxylic acids is 2. The van der Waals surface area contributed by atoms with Crippen LogP contribution in [0.5, 0.6) is 11.5 Å². The van der Waals surface area contributed by atoms with Crippen molar-refractivity contribution in [2.24, 2.45) is 10.8 Å². The van der Waals surface area contributed by atoms with Gasteiger partial charge in [-0.3, -0.25) is 0 Å². The van der Waals surface area contributed by atoms with Crippen LogP contribution in [0, 0.1) is 10.8 Å². The van der Waals surface area contributed by atoms with Crippen molar-refractivity contribution in [3.05, 3.63) is 57.6 Å². The summed E-state index contributed by atoms with van der Waals surface area (Å²) in [7, 11) is 0. The van der Waals surface area contributed by atoms with E-state index in [0.29, 0.717) is 24.3 Å². The minimum atomic E-state index is -0.388. The first kappa shape index (κ1) is 37.4. The first-order valence-electron chi connectivity index (χ1n) is 15.2. The second-order valence-corrected chi connectivity index (χ2v) is 17.6. The number of hydrogen-bond donors (Lipinski definition) is 2. The summed E-state index contributed by atoms with van der Waals surface area (Å²) >= 11 is 0. The molecule has 0 amide bonds. The lowest BCUT2D eigenvalue weighted by Gasteiger charge is -2.29. The average Bonchev–Trinajstić information content (AvgIpc) is 2.78. The van der Waals surface area contributed by atoms with E-state index < -0.39 is 0 Å². The molecule has 0 fully saturated rings. The van der Waals surface area contributed by atoms with E-state index in [2.05, 4.69) is 107 Å². The highest BCUT2D eigenvalue weighted by atomic mass is 16.3. The zero-order valence-corrected chi connectivity index (χ0v) is 29.6. The van der Waals surface area contributed by atoms with Crippen LogP contribution in [-0.2, 0) is 44.1 Å². The number of aromatic hydroxyl groups is 2. The molecule has 2 aromatic carbocycles. The van der Waals surface area contributed by atoms with E-state index in [4.69, 9.17) is 0 Å². The molecule has 0 spiro atoms. The molecule has 2 rings (SSSR count). The lowest BCUT2D eigenvalue weighted by molar-refractivity contribution is -0.115. The molecule has 0 bridgehead atoms. The molecule has 236 valence electrons. The van der Waals surface area contributed by atoms with Crippen molar-refractivity contribution in [2.75, 3.05) is 0 Å². The molecular formula is C38H60O4. The van der Waals surface area contributed by atoms with E-state index in [9.17, 15) is 19.8 Å². The fourth-order valence-electron chi connectivity index (χ4n) is 5.02. The monoisotopic (exact) mass is 580 g/mol. The molecule has 0 atom stereocenters. The van der Waals surface area contributed by atoms with Crippen molar-refractivity contribution in [1.29, 1.82) is 0 Å². The molecule has 2 aromatic rings. The smallest absolute Gasteiger partial charge is 0.125 e. The Morgan fingerprint density at radius 2 is 0.643 bits per heavy atom. The fraction of sp³-hybridized carbons (Fsp3) is 0.632. The molecule has 42 heavy (non-hydrogen) atoms. The van der Waals surface area contributed by atoms with Gasteiger partial charge >= 0.3 is 0 Å². The first-order chi connectivity index (χ1) is 18.6. The van der Waals surface area contributed by atoms with E-state index >= 15 is 0 Å². The Hall–Kier alpha value is -2.62. The summed E-state index contributed by atoms with van der Waals surface area (Å²) in [4.78, 5) is 22.4. The molecule has 0 aliphatic carbocycles. The van der Waals surface area contributed by atoms with Crippen LogP contribution in [0.4, 0.5) is 0 Å². The molecule has 4 nitrogen and oxygen atoms in total. The number of phenols is 2. The summed E-state index contributed by atoms with van der Waals surface area (Å²) in [6.07, 6.45) is 3.38. The van der Waals surface area contributed by atoms with Gasteiger partial charge in [0.2, 0.25) is 0 Å². The minimum Gasteiger partial charge on any atom is -0.507 e. The first-order valence-corrected chi connectivity index (χ1v) is 15.2. The van der Waals surface area contributed by atoms with Gasteiger partial charge in [0.15, 0.2) is 0 Å². The maximum absolute atomic E-state index is 11.2. The summed E-state index contributed by atoms with van der Waals surface area (Å²) in [5.74, 6) is 0.783. The van der Waals surface area contributed by atoms with Gasteiger partial charge in [-0.15, -0.1) is 0 Å². The van der Waals surface area contributed by atoms with Crippen LogP contribution in [0.2, 0.25) is 0 Å². The lowest BCUT2D eigenvalue weighted by Crippen LogP contribution is -2.21. The number of phenolic OH excluding ortho intramolecular Hbond substituents is 2. The Balaban J connectivity index is 0.000000420. The highest BCUT2D eigenvalue weighted by Gasteiger charge is 2.29. The second-order valence-electron chi connectivity index (χ2n) is 17.6. The van der Waals surface area contributed by atoms with Crippen molar-refractivity contribution < 1.29 is 19.8 Å². The molecule has 0 aromatic heterocycles. The number of aldehydes is 2. The second kappa shape index (κ2) is 12.5. The van der Waals surface area contributed by atoms with Gasteiger partial charge in [-0.2, -0.15) is 0 Å². The third-order valence-corrected chi connectivity index (χ3v) is 7.53. The Labute approximate surface area is 257 Å². The van der Waals surface area contributed by atoms with E-state index in [0.717, 1.165) is 46.0 Å². The summed E-state index contributed by atoms with van der Waals surface area (Å²) < 4.78 is 0. The zero-order chi connectivity index (χ0) is 33.3. The third kappa shape index (κ3) is 10.3. The maximum atomic E-state index is 11.2. The van der Waals surface area contributed by atoms with Gasteiger partial charge in [0, 0.05) is 10.8 Å². The molecular weight excluding hydrogens is 520 g/mol. The lowest BCUT2D eigenvalue weighted by atomic mass is 9.76. The largest absolute Gasteiger partial charge is 0.507 e. The highest BCUT2D eigenvalue weighted by Crippen LogP contribution is 2.42. The summed E-state index contributed by atoms with van der Waals surface area (Å²) in [6.45, 7) is 33.0. The van der Waals surface area contributed by atoms with Gasteiger partial charge in [-0.25, -0.2) is 0 Å². The van der Waals surface area contributed by atoms with Crippen LogP contribution in [0.1, 0.15) is 144 Å². The Bertz CT molecular complexity index is 1080. The molecule has 0 aliphatic heterocycles. The van der Waals surface area contributed by atoms with Crippen LogP contribution in [0.15, 0.2) is 24.3 Å². The Kier molecular flexibility index (Phi) is 11.2. The predicted molar refractivity (Wildman–Crippen MR) is 178 cm³/mol. The van der Waals surface area contributed by atoms with Crippen molar-refractivity contribution in [1.82, 2.24) is 0 Å². The summed E-state index contributed by atoms with van der Waals surface area (Å²) in [6, 6.07) is 8.21. The van der Waals surface area contributed by atoms with Crippen LogP contribution in [-0.4, -0.2) is 22.8 Å².